The minimum atomic E-state index is -0.502. The standard InChI is InChI=1S/C19H22AsClN2O4S/c1-10(2)20-19-23-13(9-28-19)12-7-14(24)11-5-6-15(17(21)18(11)22-12)27-8-16(25-3)26-4/h5-7,9-10,16,20H,8H2,1-4H3,(H,22,24). The summed E-state index contributed by atoms with van der Waals surface area (Å²) in [6.45, 7) is 4.60. The average molecular weight is 485 g/mol. The Morgan fingerprint density at radius 3 is 2.61 bits per heavy atom. The van der Waals surface area contributed by atoms with Crippen molar-refractivity contribution in [3.05, 3.63) is 28.6 Å². The maximum atomic E-state index is 10.5. The van der Waals surface area contributed by atoms with Crippen molar-refractivity contribution in [1.82, 2.24) is 9.97 Å². The summed E-state index contributed by atoms with van der Waals surface area (Å²) in [6, 6.07) is 5.05. The van der Waals surface area contributed by atoms with Crippen LogP contribution in [0.1, 0.15) is 13.8 Å². The van der Waals surface area contributed by atoms with Gasteiger partial charge in [-0.15, -0.1) is 0 Å². The Bertz CT molecular complexity index is 963. The third-order valence-corrected chi connectivity index (χ3v) is 8.28. The quantitative estimate of drug-likeness (QED) is 0.389. The number of halogens is 1. The zero-order valence-corrected chi connectivity index (χ0v) is 19.7. The number of hydrogen-bond donors (Lipinski definition) is 1. The molecule has 0 aliphatic heterocycles. The van der Waals surface area contributed by atoms with Crippen LogP contribution in [-0.4, -0.2) is 57.9 Å². The molecule has 0 radical (unpaired) electrons. The Labute approximate surface area is 179 Å². The van der Waals surface area contributed by atoms with E-state index in [4.69, 9.17) is 30.8 Å². The molecule has 0 bridgehead atoms. The van der Waals surface area contributed by atoms with E-state index in [1.807, 2.05) is 5.38 Å². The molecule has 0 fully saturated rings. The first-order chi connectivity index (χ1) is 13.4. The summed E-state index contributed by atoms with van der Waals surface area (Å²) in [4.78, 5) is 9.35. The van der Waals surface area contributed by atoms with Crippen LogP contribution in [0.2, 0.25) is 9.73 Å². The molecule has 0 aliphatic carbocycles. The minimum Gasteiger partial charge on any atom is 0.0388 e. The summed E-state index contributed by atoms with van der Waals surface area (Å²) in [5.74, 6) is 0.553. The molecule has 3 rings (SSSR count). The summed E-state index contributed by atoms with van der Waals surface area (Å²) in [5, 5.41) is 13.3. The number of pyridine rings is 1. The van der Waals surface area contributed by atoms with Crippen molar-refractivity contribution in [3.63, 3.8) is 0 Å². The fourth-order valence-electron chi connectivity index (χ4n) is 2.56. The van der Waals surface area contributed by atoms with Crippen molar-refractivity contribution in [2.24, 2.45) is 0 Å². The molecule has 0 saturated carbocycles. The number of aromatic nitrogens is 2. The van der Waals surface area contributed by atoms with Gasteiger partial charge in [-0.2, -0.15) is 0 Å². The molecular formula is C19H22AsClN2O4S. The van der Waals surface area contributed by atoms with Crippen LogP contribution in [0.15, 0.2) is 23.6 Å². The van der Waals surface area contributed by atoms with Gasteiger partial charge in [0.15, 0.2) is 0 Å². The molecule has 150 valence electrons. The number of thiazole rings is 1. The van der Waals surface area contributed by atoms with E-state index in [-0.39, 0.29) is 28.1 Å². The van der Waals surface area contributed by atoms with E-state index in [1.165, 1.54) is 18.0 Å². The Hall–Kier alpha value is -1.37. The zero-order valence-electron chi connectivity index (χ0n) is 16.0. The number of rotatable bonds is 8. The molecule has 0 saturated heterocycles. The van der Waals surface area contributed by atoms with Gasteiger partial charge in [-0.3, -0.25) is 0 Å². The third kappa shape index (κ3) is 4.78. The summed E-state index contributed by atoms with van der Waals surface area (Å²) in [7, 11) is 3.07. The number of hydrogen-bond acceptors (Lipinski definition) is 7. The van der Waals surface area contributed by atoms with E-state index in [0.29, 0.717) is 32.1 Å². The average Bonchev–Trinajstić information content (AvgIpc) is 3.12. The van der Waals surface area contributed by atoms with Crippen LogP contribution in [0.4, 0.5) is 0 Å². The normalized spacial score (nSPS) is 12.1. The molecule has 1 N–H and O–H groups in total. The molecule has 1 aromatic carbocycles. The molecule has 6 nitrogen and oxygen atoms in total. The second-order valence-electron chi connectivity index (χ2n) is 6.35. The van der Waals surface area contributed by atoms with Crippen LogP contribution in [-0.2, 0) is 9.47 Å². The van der Waals surface area contributed by atoms with Crippen LogP contribution < -0.4 is 8.53 Å². The van der Waals surface area contributed by atoms with Crippen molar-refractivity contribution >= 4 is 53.4 Å². The Balaban J connectivity index is 1.96. The van der Waals surface area contributed by atoms with Crippen molar-refractivity contribution < 1.29 is 19.3 Å². The molecule has 3 aromatic rings. The van der Waals surface area contributed by atoms with E-state index in [9.17, 15) is 5.11 Å². The number of aromatic hydroxyl groups is 1. The van der Waals surface area contributed by atoms with E-state index in [2.05, 4.69) is 18.8 Å². The van der Waals surface area contributed by atoms with Crippen molar-refractivity contribution in [2.45, 2.75) is 24.8 Å². The number of benzene rings is 1. The first kappa shape index (κ1) is 21.3. The second-order valence-corrected chi connectivity index (χ2v) is 12.4. The minimum absolute atomic E-state index is 0.106. The monoisotopic (exact) mass is 484 g/mol. The SMILES string of the molecule is COC(COc1ccc2c(O)cc(-c3csc([AsH]C(C)C)n3)nc2c1Cl)OC. The van der Waals surface area contributed by atoms with Crippen LogP contribution in [0, 0.1) is 0 Å². The van der Waals surface area contributed by atoms with E-state index < -0.39 is 6.29 Å². The van der Waals surface area contributed by atoms with Crippen LogP contribution in [0.5, 0.6) is 11.5 Å². The van der Waals surface area contributed by atoms with E-state index >= 15 is 0 Å². The second kappa shape index (κ2) is 9.42. The number of methoxy groups -OCH3 is 2. The maximum absolute atomic E-state index is 10.5. The smallest absolute Gasteiger partial charge is 0.0388 e. The van der Waals surface area contributed by atoms with Gasteiger partial charge in [0.1, 0.15) is 0 Å². The number of ether oxygens (including phenoxy) is 3. The Morgan fingerprint density at radius 2 is 1.93 bits per heavy atom. The van der Waals surface area contributed by atoms with Crippen molar-refractivity contribution in [3.8, 4) is 22.9 Å². The molecule has 2 heterocycles. The van der Waals surface area contributed by atoms with E-state index in [0.717, 1.165) is 5.69 Å². The Kier molecular flexibility index (Phi) is 7.18. The molecule has 0 spiro atoms. The van der Waals surface area contributed by atoms with Crippen LogP contribution in [0.25, 0.3) is 22.3 Å². The van der Waals surface area contributed by atoms with Gasteiger partial charge in [-0.25, -0.2) is 0 Å². The molecular weight excluding hydrogens is 463 g/mol. The summed E-state index contributed by atoms with van der Waals surface area (Å²) in [5.41, 5.74) is 1.81. The van der Waals surface area contributed by atoms with Gasteiger partial charge in [0.05, 0.1) is 0 Å². The van der Waals surface area contributed by atoms with Crippen molar-refractivity contribution in [2.75, 3.05) is 20.8 Å². The molecule has 2 aromatic heterocycles. The summed E-state index contributed by atoms with van der Waals surface area (Å²) >= 11 is 7.90. The van der Waals surface area contributed by atoms with Gasteiger partial charge in [0.2, 0.25) is 0 Å². The zero-order chi connectivity index (χ0) is 20.3. The fraction of sp³-hybridized carbons (Fsp3) is 0.368. The summed E-state index contributed by atoms with van der Waals surface area (Å²) < 4.78 is 17.8. The molecule has 1 atom stereocenters. The third-order valence-electron chi connectivity index (χ3n) is 3.94. The molecule has 1 unspecified atom stereocenters. The number of nitrogens with zero attached hydrogens (tertiary/aromatic N) is 2. The van der Waals surface area contributed by atoms with Gasteiger partial charge in [-0.1, -0.05) is 0 Å². The molecule has 0 aliphatic rings. The van der Waals surface area contributed by atoms with E-state index in [1.54, 1.807) is 29.5 Å². The fourth-order valence-corrected chi connectivity index (χ4v) is 6.89. The predicted octanol–water partition coefficient (Wildman–Crippen LogP) is 3.61. The van der Waals surface area contributed by atoms with Gasteiger partial charge >= 0.3 is 166 Å². The predicted molar refractivity (Wildman–Crippen MR) is 115 cm³/mol. The molecule has 9 heteroatoms. The molecule has 28 heavy (non-hydrogen) atoms. The van der Waals surface area contributed by atoms with Gasteiger partial charge < -0.3 is 0 Å². The first-order valence-corrected chi connectivity index (χ1v) is 12.2. The summed E-state index contributed by atoms with van der Waals surface area (Å²) in [6.07, 6.45) is -0.502. The molecule has 0 amide bonds. The topological polar surface area (TPSA) is 73.7 Å². The first-order valence-electron chi connectivity index (χ1n) is 8.66. The van der Waals surface area contributed by atoms with Crippen LogP contribution in [0.3, 0.4) is 0 Å². The van der Waals surface area contributed by atoms with Gasteiger partial charge in [0, 0.05) is 14.2 Å². The number of fused-ring (bicyclic) bond motifs is 1. The van der Waals surface area contributed by atoms with Gasteiger partial charge in [-0.05, 0) is 0 Å². The van der Waals surface area contributed by atoms with Crippen LogP contribution >= 0.6 is 22.9 Å². The Morgan fingerprint density at radius 1 is 1.18 bits per heavy atom. The van der Waals surface area contributed by atoms with Crippen molar-refractivity contribution in [1.29, 1.82) is 0 Å². The van der Waals surface area contributed by atoms with Gasteiger partial charge in [0.25, 0.3) is 0 Å².